The molecule has 0 nitrogen and oxygen atoms in total. The Labute approximate surface area is 155 Å². The zero-order chi connectivity index (χ0) is 18.3. The van der Waals surface area contributed by atoms with Crippen molar-refractivity contribution in [2.24, 2.45) is 11.3 Å². The Balaban J connectivity index is 2.05. The Morgan fingerprint density at radius 3 is 2.00 bits per heavy atom. The lowest BCUT2D eigenvalue weighted by Gasteiger charge is -2.33. The van der Waals surface area contributed by atoms with Crippen LogP contribution in [-0.4, -0.2) is 0 Å². The van der Waals surface area contributed by atoms with Gasteiger partial charge in [-0.25, -0.2) is 0 Å². The molecule has 2 atom stereocenters. The van der Waals surface area contributed by atoms with Gasteiger partial charge in [0.25, 0.3) is 0 Å². The first-order chi connectivity index (χ1) is 11.9. The fraction of sp³-hybridized carbons (Fsp3) is 0.520. The molecule has 0 fully saturated rings. The molecular formula is C25H36. The van der Waals surface area contributed by atoms with Crippen LogP contribution in [0.5, 0.6) is 0 Å². The average molecular weight is 337 g/mol. The zero-order valence-corrected chi connectivity index (χ0v) is 16.9. The van der Waals surface area contributed by atoms with E-state index in [4.69, 9.17) is 0 Å². The molecule has 0 heterocycles. The zero-order valence-electron chi connectivity index (χ0n) is 16.9. The first-order valence-corrected chi connectivity index (χ1v) is 10.0. The smallest absolute Gasteiger partial charge is 0.0187 e. The van der Waals surface area contributed by atoms with E-state index in [1.54, 1.807) is 0 Å². The minimum Gasteiger partial charge on any atom is -0.0654 e. The fourth-order valence-corrected chi connectivity index (χ4v) is 3.59. The summed E-state index contributed by atoms with van der Waals surface area (Å²) in [5.41, 5.74) is 4.76. The molecule has 0 amide bonds. The van der Waals surface area contributed by atoms with Crippen LogP contribution in [0.4, 0.5) is 0 Å². The van der Waals surface area contributed by atoms with Crippen LogP contribution in [0.1, 0.15) is 76.5 Å². The summed E-state index contributed by atoms with van der Waals surface area (Å²) < 4.78 is 0. The van der Waals surface area contributed by atoms with Gasteiger partial charge in [0.2, 0.25) is 0 Å². The molecule has 0 saturated heterocycles. The first-order valence-electron chi connectivity index (χ1n) is 10.0. The molecule has 0 spiro atoms. The molecular weight excluding hydrogens is 300 g/mol. The lowest BCUT2D eigenvalue weighted by atomic mass is 9.72. The SMILES string of the molecule is CCCCc1ccc(CC(CC(C)c2ccccc2)C(C)(C)C)cc1. The Morgan fingerprint density at radius 2 is 1.44 bits per heavy atom. The van der Waals surface area contributed by atoms with Crippen LogP contribution in [0.2, 0.25) is 0 Å². The van der Waals surface area contributed by atoms with Gasteiger partial charge >= 0.3 is 0 Å². The summed E-state index contributed by atoms with van der Waals surface area (Å²) in [5.74, 6) is 1.29. The summed E-state index contributed by atoms with van der Waals surface area (Å²) in [6, 6.07) is 20.4. The van der Waals surface area contributed by atoms with E-state index >= 15 is 0 Å². The van der Waals surface area contributed by atoms with Gasteiger partial charge in [-0.15, -0.1) is 0 Å². The van der Waals surface area contributed by atoms with Crippen LogP contribution in [0.3, 0.4) is 0 Å². The number of benzene rings is 2. The second-order valence-electron chi connectivity index (χ2n) is 8.73. The highest BCUT2D eigenvalue weighted by molar-refractivity contribution is 5.24. The standard InChI is InChI=1S/C25H36/c1-6-7-11-21-14-16-22(17-15-21)19-24(25(3,4)5)18-20(2)23-12-9-8-10-13-23/h8-10,12-17,20,24H,6-7,11,18-19H2,1-5H3. The maximum absolute atomic E-state index is 2.39. The molecule has 0 N–H and O–H groups in total. The Bertz CT molecular complexity index is 601. The van der Waals surface area contributed by atoms with Gasteiger partial charge in [0.05, 0.1) is 0 Å². The molecule has 2 aromatic rings. The number of rotatable bonds is 8. The number of hydrogen-bond donors (Lipinski definition) is 0. The van der Waals surface area contributed by atoms with Gasteiger partial charge in [-0.2, -0.15) is 0 Å². The van der Waals surface area contributed by atoms with Crippen LogP contribution in [0.15, 0.2) is 54.6 Å². The fourth-order valence-electron chi connectivity index (χ4n) is 3.59. The van der Waals surface area contributed by atoms with Crippen LogP contribution in [0.25, 0.3) is 0 Å². The van der Waals surface area contributed by atoms with Gasteiger partial charge < -0.3 is 0 Å². The first kappa shape index (κ1) is 19.8. The quantitative estimate of drug-likeness (QED) is 0.470. The number of unbranched alkanes of at least 4 members (excludes halogenated alkanes) is 1. The summed E-state index contributed by atoms with van der Waals surface area (Å²) >= 11 is 0. The summed E-state index contributed by atoms with van der Waals surface area (Å²) in [6.45, 7) is 11.8. The van der Waals surface area contributed by atoms with E-state index in [1.165, 1.54) is 48.8 Å². The van der Waals surface area contributed by atoms with Crippen LogP contribution in [0, 0.1) is 11.3 Å². The molecule has 0 bridgehead atoms. The monoisotopic (exact) mass is 336 g/mol. The maximum Gasteiger partial charge on any atom is -0.0187 e. The van der Waals surface area contributed by atoms with Gasteiger partial charge in [-0.1, -0.05) is 95.6 Å². The molecule has 2 rings (SSSR count). The predicted molar refractivity (Wildman–Crippen MR) is 111 cm³/mol. The number of hydrogen-bond acceptors (Lipinski definition) is 0. The van der Waals surface area contributed by atoms with Gasteiger partial charge in [-0.05, 0) is 59.6 Å². The minimum atomic E-state index is 0.323. The average Bonchev–Trinajstić information content (AvgIpc) is 2.60. The van der Waals surface area contributed by atoms with Crippen molar-refractivity contribution in [1.82, 2.24) is 0 Å². The predicted octanol–water partition coefficient (Wildman–Crippen LogP) is 7.43. The third-order valence-corrected chi connectivity index (χ3v) is 5.56. The van der Waals surface area contributed by atoms with Crippen molar-refractivity contribution in [3.63, 3.8) is 0 Å². The van der Waals surface area contributed by atoms with Gasteiger partial charge in [0.15, 0.2) is 0 Å². The normalized spacial score (nSPS) is 14.3. The Morgan fingerprint density at radius 1 is 0.840 bits per heavy atom. The van der Waals surface area contributed by atoms with Gasteiger partial charge in [0.1, 0.15) is 0 Å². The summed E-state index contributed by atoms with van der Waals surface area (Å²) in [6.07, 6.45) is 6.19. The summed E-state index contributed by atoms with van der Waals surface area (Å²) in [5, 5.41) is 0. The third kappa shape index (κ3) is 6.34. The Hall–Kier alpha value is -1.56. The second kappa shape index (κ2) is 9.22. The Kier molecular flexibility index (Phi) is 7.29. The number of aryl methyl sites for hydroxylation is 1. The topological polar surface area (TPSA) is 0 Å². The molecule has 0 aliphatic rings. The maximum atomic E-state index is 2.39. The van der Waals surface area contributed by atoms with Crippen LogP contribution >= 0.6 is 0 Å². The van der Waals surface area contributed by atoms with E-state index in [1.807, 2.05) is 0 Å². The largest absolute Gasteiger partial charge is 0.0654 e. The molecule has 0 radical (unpaired) electrons. The van der Waals surface area contributed by atoms with Crippen molar-refractivity contribution in [2.45, 2.75) is 72.6 Å². The molecule has 2 aromatic carbocycles. The summed E-state index contributed by atoms with van der Waals surface area (Å²) in [7, 11) is 0. The lowest BCUT2D eigenvalue weighted by Crippen LogP contribution is -2.24. The molecule has 25 heavy (non-hydrogen) atoms. The molecule has 0 saturated carbocycles. The van der Waals surface area contributed by atoms with E-state index in [0.717, 1.165) is 0 Å². The van der Waals surface area contributed by atoms with Crippen molar-refractivity contribution in [1.29, 1.82) is 0 Å². The van der Waals surface area contributed by atoms with Crippen molar-refractivity contribution < 1.29 is 0 Å². The van der Waals surface area contributed by atoms with E-state index in [-0.39, 0.29) is 0 Å². The molecule has 0 aliphatic carbocycles. The lowest BCUT2D eigenvalue weighted by molar-refractivity contribution is 0.214. The minimum absolute atomic E-state index is 0.323. The van der Waals surface area contributed by atoms with E-state index in [9.17, 15) is 0 Å². The van der Waals surface area contributed by atoms with Gasteiger partial charge in [0, 0.05) is 0 Å². The third-order valence-electron chi connectivity index (χ3n) is 5.56. The molecule has 2 unspecified atom stereocenters. The highest BCUT2D eigenvalue weighted by atomic mass is 14.3. The van der Waals surface area contributed by atoms with E-state index < -0.39 is 0 Å². The molecule has 0 aliphatic heterocycles. The van der Waals surface area contributed by atoms with Crippen molar-refractivity contribution in [3.8, 4) is 0 Å². The highest BCUT2D eigenvalue weighted by Gasteiger charge is 2.26. The molecule has 0 aromatic heterocycles. The van der Waals surface area contributed by atoms with Crippen LogP contribution in [-0.2, 0) is 12.8 Å². The van der Waals surface area contributed by atoms with E-state index in [2.05, 4.69) is 89.2 Å². The van der Waals surface area contributed by atoms with Gasteiger partial charge in [-0.3, -0.25) is 0 Å². The molecule has 136 valence electrons. The van der Waals surface area contributed by atoms with Crippen LogP contribution < -0.4 is 0 Å². The molecule has 0 heteroatoms. The second-order valence-corrected chi connectivity index (χ2v) is 8.73. The van der Waals surface area contributed by atoms with Crippen molar-refractivity contribution in [3.05, 3.63) is 71.3 Å². The van der Waals surface area contributed by atoms with E-state index in [0.29, 0.717) is 17.3 Å². The summed E-state index contributed by atoms with van der Waals surface area (Å²) in [4.78, 5) is 0. The van der Waals surface area contributed by atoms with Crippen molar-refractivity contribution in [2.75, 3.05) is 0 Å². The highest BCUT2D eigenvalue weighted by Crippen LogP contribution is 2.37. The van der Waals surface area contributed by atoms with Crippen molar-refractivity contribution >= 4 is 0 Å².